The highest BCUT2D eigenvalue weighted by Crippen LogP contribution is 2.24. The summed E-state index contributed by atoms with van der Waals surface area (Å²) in [6.07, 6.45) is 3.32. The van der Waals surface area contributed by atoms with Gasteiger partial charge in [0.15, 0.2) is 5.82 Å². The maximum absolute atomic E-state index is 13.0. The van der Waals surface area contributed by atoms with Crippen molar-refractivity contribution in [2.45, 2.75) is 45.2 Å². The molecule has 2 aromatic rings. The standard InChI is InChI=1S/C18H22ClN5O.ClH/c1-11-9-12(2)24(22-11)16-6-5-15(19)17(21-16)18(25)23-8-7-13-3-4-14(10-23)20-13;/h5-6,9,13-14,20H,3-4,7-8,10H2,1-2H3;1H. The van der Waals surface area contributed by atoms with Crippen LogP contribution in [0.4, 0.5) is 0 Å². The lowest BCUT2D eigenvalue weighted by Crippen LogP contribution is -2.39. The first-order valence-corrected chi connectivity index (χ1v) is 9.14. The first-order valence-electron chi connectivity index (χ1n) is 8.77. The average Bonchev–Trinajstić information content (AvgIpc) is 3.08. The maximum Gasteiger partial charge on any atom is 0.274 e. The van der Waals surface area contributed by atoms with Crippen LogP contribution in [-0.2, 0) is 0 Å². The molecule has 0 aliphatic carbocycles. The highest BCUT2D eigenvalue weighted by Gasteiger charge is 2.32. The minimum absolute atomic E-state index is 0. The lowest BCUT2D eigenvalue weighted by Gasteiger charge is -2.24. The Kier molecular flexibility index (Phi) is 5.55. The van der Waals surface area contributed by atoms with Crippen molar-refractivity contribution in [2.75, 3.05) is 13.1 Å². The van der Waals surface area contributed by atoms with Gasteiger partial charge in [-0.15, -0.1) is 12.4 Å². The van der Waals surface area contributed by atoms with Gasteiger partial charge in [-0.25, -0.2) is 9.67 Å². The number of carbonyl (C=O) groups excluding carboxylic acids is 1. The smallest absolute Gasteiger partial charge is 0.274 e. The minimum atomic E-state index is -0.0947. The quantitative estimate of drug-likeness (QED) is 0.848. The molecule has 2 aliphatic heterocycles. The Bertz CT molecular complexity index is 822. The van der Waals surface area contributed by atoms with E-state index in [1.807, 2.05) is 24.8 Å². The second-order valence-electron chi connectivity index (χ2n) is 7.02. The summed E-state index contributed by atoms with van der Waals surface area (Å²) in [4.78, 5) is 19.5. The summed E-state index contributed by atoms with van der Waals surface area (Å²) < 4.78 is 1.74. The van der Waals surface area contributed by atoms with Crippen molar-refractivity contribution in [2.24, 2.45) is 0 Å². The van der Waals surface area contributed by atoms with Crippen molar-refractivity contribution in [1.82, 2.24) is 25.0 Å². The Morgan fingerprint density at radius 3 is 2.73 bits per heavy atom. The van der Waals surface area contributed by atoms with E-state index in [-0.39, 0.29) is 18.3 Å². The largest absolute Gasteiger partial charge is 0.336 e. The van der Waals surface area contributed by atoms with Crippen LogP contribution in [0.1, 0.15) is 41.1 Å². The second kappa shape index (κ2) is 7.55. The van der Waals surface area contributed by atoms with E-state index in [0.717, 1.165) is 37.3 Å². The van der Waals surface area contributed by atoms with Crippen LogP contribution in [0.3, 0.4) is 0 Å². The van der Waals surface area contributed by atoms with Gasteiger partial charge >= 0.3 is 0 Å². The number of fused-ring (bicyclic) bond motifs is 2. The van der Waals surface area contributed by atoms with Crippen molar-refractivity contribution >= 4 is 29.9 Å². The highest BCUT2D eigenvalue weighted by molar-refractivity contribution is 6.33. The third-order valence-corrected chi connectivity index (χ3v) is 5.38. The van der Waals surface area contributed by atoms with Crippen molar-refractivity contribution in [1.29, 1.82) is 0 Å². The van der Waals surface area contributed by atoms with Crippen LogP contribution in [0.2, 0.25) is 5.02 Å². The number of hydrogen-bond donors (Lipinski definition) is 1. The molecule has 4 heterocycles. The Morgan fingerprint density at radius 2 is 2.00 bits per heavy atom. The molecule has 2 atom stereocenters. The molecule has 2 saturated heterocycles. The summed E-state index contributed by atoms with van der Waals surface area (Å²) in [7, 11) is 0. The van der Waals surface area contributed by atoms with E-state index in [0.29, 0.717) is 28.6 Å². The van der Waals surface area contributed by atoms with Crippen LogP contribution in [0, 0.1) is 13.8 Å². The predicted molar refractivity (Wildman–Crippen MR) is 104 cm³/mol. The summed E-state index contributed by atoms with van der Waals surface area (Å²) in [5, 5.41) is 8.42. The van der Waals surface area contributed by atoms with Gasteiger partial charge in [-0.3, -0.25) is 4.79 Å². The van der Waals surface area contributed by atoms with Crippen molar-refractivity contribution in [3.8, 4) is 5.82 Å². The van der Waals surface area contributed by atoms with Crippen LogP contribution in [0.5, 0.6) is 0 Å². The SMILES string of the molecule is Cc1cc(C)n(-c2ccc(Cl)c(C(=O)N3CCC4CCC(C3)N4)n2)n1.Cl. The fraction of sp³-hybridized carbons (Fsp3) is 0.500. The van der Waals surface area contributed by atoms with E-state index in [9.17, 15) is 4.79 Å². The molecule has 26 heavy (non-hydrogen) atoms. The molecule has 2 aromatic heterocycles. The van der Waals surface area contributed by atoms with Gasteiger partial charge in [0.05, 0.1) is 10.7 Å². The van der Waals surface area contributed by atoms with Gasteiger partial charge in [-0.1, -0.05) is 11.6 Å². The van der Waals surface area contributed by atoms with E-state index in [2.05, 4.69) is 15.4 Å². The summed E-state index contributed by atoms with van der Waals surface area (Å²) >= 11 is 6.31. The number of amides is 1. The molecule has 140 valence electrons. The summed E-state index contributed by atoms with van der Waals surface area (Å²) in [5.74, 6) is 0.524. The van der Waals surface area contributed by atoms with Gasteiger partial charge in [0.25, 0.3) is 5.91 Å². The lowest BCUT2D eigenvalue weighted by atomic mass is 10.1. The number of carbonyl (C=O) groups is 1. The van der Waals surface area contributed by atoms with E-state index >= 15 is 0 Å². The Hall–Kier alpha value is -1.63. The zero-order valence-corrected chi connectivity index (χ0v) is 16.5. The average molecular weight is 396 g/mol. The van der Waals surface area contributed by atoms with E-state index in [4.69, 9.17) is 11.6 Å². The van der Waals surface area contributed by atoms with Gasteiger partial charge < -0.3 is 10.2 Å². The third-order valence-electron chi connectivity index (χ3n) is 5.07. The van der Waals surface area contributed by atoms with Crippen LogP contribution in [0.15, 0.2) is 18.2 Å². The summed E-state index contributed by atoms with van der Waals surface area (Å²) in [6.45, 7) is 5.37. The maximum atomic E-state index is 13.0. The number of rotatable bonds is 2. The minimum Gasteiger partial charge on any atom is -0.336 e. The molecular weight excluding hydrogens is 373 g/mol. The number of likely N-dealkylation sites (tertiary alicyclic amines) is 1. The lowest BCUT2D eigenvalue weighted by molar-refractivity contribution is 0.0742. The first kappa shape index (κ1) is 19.1. The van der Waals surface area contributed by atoms with Gasteiger partial charge in [-0.05, 0) is 51.3 Å². The van der Waals surface area contributed by atoms with E-state index < -0.39 is 0 Å². The topological polar surface area (TPSA) is 63.1 Å². The van der Waals surface area contributed by atoms with Gasteiger partial charge in [0.1, 0.15) is 5.69 Å². The van der Waals surface area contributed by atoms with E-state index in [1.54, 1.807) is 16.8 Å². The number of nitrogens with one attached hydrogen (secondary N) is 1. The predicted octanol–water partition coefficient (Wildman–Crippen LogP) is 2.93. The number of pyridine rings is 1. The van der Waals surface area contributed by atoms with Gasteiger partial charge in [0, 0.05) is 30.9 Å². The normalized spacial score (nSPS) is 22.0. The van der Waals surface area contributed by atoms with Crippen LogP contribution in [-0.4, -0.2) is 50.7 Å². The van der Waals surface area contributed by atoms with Crippen molar-refractivity contribution < 1.29 is 4.79 Å². The molecule has 1 amide bonds. The summed E-state index contributed by atoms with van der Waals surface area (Å²) in [6, 6.07) is 6.43. The van der Waals surface area contributed by atoms with Crippen LogP contribution >= 0.6 is 24.0 Å². The highest BCUT2D eigenvalue weighted by atomic mass is 35.5. The molecule has 0 aromatic carbocycles. The number of hydrogen-bond acceptors (Lipinski definition) is 4. The van der Waals surface area contributed by atoms with Crippen LogP contribution in [0.25, 0.3) is 5.82 Å². The fourth-order valence-electron chi connectivity index (χ4n) is 3.84. The van der Waals surface area contributed by atoms with Crippen molar-refractivity contribution in [3.63, 3.8) is 0 Å². The molecule has 1 N–H and O–H groups in total. The van der Waals surface area contributed by atoms with E-state index in [1.165, 1.54) is 6.42 Å². The number of nitrogens with zero attached hydrogens (tertiary/aromatic N) is 4. The molecular formula is C18H23Cl2N5O. The molecule has 0 spiro atoms. The number of aromatic nitrogens is 3. The molecule has 0 saturated carbocycles. The Labute approximate surface area is 164 Å². The monoisotopic (exact) mass is 395 g/mol. The second-order valence-corrected chi connectivity index (χ2v) is 7.42. The molecule has 6 nitrogen and oxygen atoms in total. The molecule has 8 heteroatoms. The molecule has 2 fully saturated rings. The Morgan fingerprint density at radius 1 is 1.23 bits per heavy atom. The zero-order valence-electron chi connectivity index (χ0n) is 14.9. The third kappa shape index (κ3) is 3.59. The number of halogens is 2. The Balaban J connectivity index is 0.00000196. The molecule has 4 rings (SSSR count). The zero-order chi connectivity index (χ0) is 17.6. The molecule has 0 radical (unpaired) electrons. The fourth-order valence-corrected chi connectivity index (χ4v) is 4.02. The van der Waals surface area contributed by atoms with Gasteiger partial charge in [0.2, 0.25) is 0 Å². The van der Waals surface area contributed by atoms with Crippen molar-refractivity contribution in [3.05, 3.63) is 40.3 Å². The first-order chi connectivity index (χ1) is 12.0. The van der Waals surface area contributed by atoms with Gasteiger partial charge in [-0.2, -0.15) is 5.10 Å². The molecule has 2 aliphatic rings. The molecule has 2 bridgehead atoms. The van der Waals surface area contributed by atoms with Crippen LogP contribution < -0.4 is 5.32 Å². The molecule has 2 unspecified atom stereocenters. The number of aryl methyl sites for hydroxylation is 2. The summed E-state index contributed by atoms with van der Waals surface area (Å²) in [5.41, 5.74) is 2.20.